The van der Waals surface area contributed by atoms with Crippen LogP contribution in [0.3, 0.4) is 0 Å². The maximum atomic E-state index is 13.5. The van der Waals surface area contributed by atoms with Crippen LogP contribution in [0.2, 0.25) is 0 Å². The highest BCUT2D eigenvalue weighted by atomic mass is 16.6. The van der Waals surface area contributed by atoms with E-state index >= 15 is 0 Å². The van der Waals surface area contributed by atoms with E-state index < -0.39 is 11.0 Å². The molecule has 0 N–H and O–H groups in total. The molecule has 0 aromatic carbocycles. The lowest BCUT2D eigenvalue weighted by molar-refractivity contribution is -0.173. The minimum atomic E-state index is -0.829. The molecule has 5 rings (SSSR count). The Bertz CT molecular complexity index is 760. The molecule has 1 saturated heterocycles. The van der Waals surface area contributed by atoms with Crippen molar-refractivity contribution in [3.8, 4) is 0 Å². The SMILES string of the molecule is CC(=O)OC1CCC2(C)C(CCC3C2CC(=O)C2(C)C3CC3OC32C(C)=O)C1. The van der Waals surface area contributed by atoms with Crippen molar-refractivity contribution < 1.29 is 23.9 Å². The van der Waals surface area contributed by atoms with Crippen LogP contribution in [0, 0.1) is 34.5 Å². The number of rotatable bonds is 2. The zero-order valence-electron chi connectivity index (χ0n) is 17.5. The van der Waals surface area contributed by atoms with Crippen molar-refractivity contribution in [1.29, 1.82) is 0 Å². The second-order valence-electron chi connectivity index (χ2n) is 10.6. The summed E-state index contributed by atoms with van der Waals surface area (Å²) >= 11 is 0. The highest BCUT2D eigenvalue weighted by Crippen LogP contribution is 2.72. The van der Waals surface area contributed by atoms with E-state index in [1.54, 1.807) is 6.92 Å². The third-order valence-corrected chi connectivity index (χ3v) is 9.76. The Hall–Kier alpha value is -1.23. The summed E-state index contributed by atoms with van der Waals surface area (Å²) in [6.45, 7) is 7.49. The van der Waals surface area contributed by atoms with Crippen LogP contribution in [-0.2, 0) is 23.9 Å². The molecule has 0 radical (unpaired) electrons. The average Bonchev–Trinajstić information content (AvgIpc) is 3.29. The van der Waals surface area contributed by atoms with Crippen LogP contribution in [0.4, 0.5) is 0 Å². The Morgan fingerprint density at radius 1 is 1.07 bits per heavy atom. The fourth-order valence-electron chi connectivity index (χ4n) is 8.32. The highest BCUT2D eigenvalue weighted by Gasteiger charge is 2.82. The summed E-state index contributed by atoms with van der Waals surface area (Å²) in [5, 5.41) is 0. The van der Waals surface area contributed by atoms with Gasteiger partial charge in [-0.25, -0.2) is 0 Å². The van der Waals surface area contributed by atoms with Crippen LogP contribution < -0.4 is 0 Å². The van der Waals surface area contributed by atoms with Crippen molar-refractivity contribution in [3.05, 3.63) is 0 Å². The maximum absolute atomic E-state index is 13.5. The summed E-state index contributed by atoms with van der Waals surface area (Å²) in [5.74, 6) is 1.77. The lowest BCUT2D eigenvalue weighted by atomic mass is 9.44. The van der Waals surface area contributed by atoms with Gasteiger partial charge in [-0.05, 0) is 81.5 Å². The van der Waals surface area contributed by atoms with Gasteiger partial charge in [0.1, 0.15) is 11.9 Å². The van der Waals surface area contributed by atoms with Gasteiger partial charge >= 0.3 is 5.97 Å². The molecule has 9 unspecified atom stereocenters. The minimum Gasteiger partial charge on any atom is -0.463 e. The van der Waals surface area contributed by atoms with E-state index in [0.29, 0.717) is 24.2 Å². The molecule has 0 spiro atoms. The van der Waals surface area contributed by atoms with Gasteiger partial charge in [-0.1, -0.05) is 6.92 Å². The lowest BCUT2D eigenvalue weighted by Gasteiger charge is -2.60. The molecule has 1 aliphatic heterocycles. The van der Waals surface area contributed by atoms with Crippen molar-refractivity contribution >= 4 is 17.5 Å². The van der Waals surface area contributed by atoms with Crippen LogP contribution >= 0.6 is 0 Å². The largest absolute Gasteiger partial charge is 0.463 e. The van der Waals surface area contributed by atoms with Gasteiger partial charge < -0.3 is 9.47 Å². The molecule has 5 aliphatic rings. The van der Waals surface area contributed by atoms with E-state index in [0.717, 1.165) is 38.5 Å². The second-order valence-corrected chi connectivity index (χ2v) is 10.6. The number of carbonyl (C=O) groups excluding carboxylic acids is 3. The smallest absolute Gasteiger partial charge is 0.302 e. The fourth-order valence-corrected chi connectivity index (χ4v) is 8.32. The first-order valence-corrected chi connectivity index (χ1v) is 11.0. The Kier molecular flexibility index (Phi) is 3.81. The summed E-state index contributed by atoms with van der Waals surface area (Å²) in [4.78, 5) is 37.4. The molecule has 9 atom stereocenters. The fraction of sp³-hybridized carbons (Fsp3) is 0.870. The van der Waals surface area contributed by atoms with Gasteiger partial charge in [-0.2, -0.15) is 0 Å². The van der Waals surface area contributed by atoms with Gasteiger partial charge in [0.15, 0.2) is 11.4 Å². The number of Topliss-reactive ketones (excluding diaryl/α,β-unsaturated/α-hetero) is 2. The van der Waals surface area contributed by atoms with Crippen LogP contribution in [-0.4, -0.2) is 35.3 Å². The van der Waals surface area contributed by atoms with Crippen LogP contribution in [0.25, 0.3) is 0 Å². The zero-order chi connectivity index (χ0) is 20.1. The minimum absolute atomic E-state index is 0.0326. The molecule has 5 heteroatoms. The molecular formula is C23H32O5. The van der Waals surface area contributed by atoms with E-state index in [1.807, 2.05) is 6.92 Å². The van der Waals surface area contributed by atoms with E-state index in [2.05, 4.69) is 6.92 Å². The molecule has 0 aromatic rings. The monoisotopic (exact) mass is 388 g/mol. The van der Waals surface area contributed by atoms with Crippen molar-refractivity contribution in [2.45, 2.75) is 90.4 Å². The maximum Gasteiger partial charge on any atom is 0.302 e. The Morgan fingerprint density at radius 3 is 2.50 bits per heavy atom. The van der Waals surface area contributed by atoms with Crippen molar-refractivity contribution in [2.75, 3.05) is 0 Å². The van der Waals surface area contributed by atoms with Crippen LogP contribution in [0.1, 0.15) is 72.6 Å². The molecule has 4 saturated carbocycles. The summed E-state index contributed by atoms with van der Waals surface area (Å²) in [6, 6.07) is 0. The average molecular weight is 389 g/mol. The van der Waals surface area contributed by atoms with E-state index in [1.165, 1.54) is 6.92 Å². The van der Waals surface area contributed by atoms with Gasteiger partial charge in [0.25, 0.3) is 0 Å². The molecule has 1 heterocycles. The van der Waals surface area contributed by atoms with Gasteiger partial charge in [0, 0.05) is 13.3 Å². The normalized spacial score (nSPS) is 54.1. The van der Waals surface area contributed by atoms with Gasteiger partial charge in [-0.3, -0.25) is 14.4 Å². The molecule has 0 bridgehead atoms. The Morgan fingerprint density at radius 2 is 1.82 bits per heavy atom. The number of hydrogen-bond acceptors (Lipinski definition) is 5. The first-order valence-electron chi connectivity index (χ1n) is 11.0. The van der Waals surface area contributed by atoms with Gasteiger partial charge in [0.2, 0.25) is 0 Å². The highest BCUT2D eigenvalue weighted by molar-refractivity contribution is 6.00. The number of fused-ring (bicyclic) bond motifs is 7. The standard InChI is InChI=1S/C23H32O5/c1-12(24)23-20(28-23)11-18-16-6-5-14-9-15(27-13(2)25)7-8-21(14,3)17(16)10-19(26)22(18,23)4/h14-18,20H,5-11H2,1-4H3. The third kappa shape index (κ3) is 2.09. The third-order valence-electron chi connectivity index (χ3n) is 9.76. The predicted molar refractivity (Wildman–Crippen MR) is 101 cm³/mol. The van der Waals surface area contributed by atoms with Crippen LogP contribution in [0.15, 0.2) is 0 Å². The molecule has 0 aromatic heterocycles. The number of hydrogen-bond donors (Lipinski definition) is 0. The molecule has 28 heavy (non-hydrogen) atoms. The quantitative estimate of drug-likeness (QED) is 0.535. The lowest BCUT2D eigenvalue weighted by Crippen LogP contribution is -2.60. The summed E-state index contributed by atoms with van der Waals surface area (Å²) in [7, 11) is 0. The molecule has 5 nitrogen and oxygen atoms in total. The molecular weight excluding hydrogens is 356 g/mol. The van der Waals surface area contributed by atoms with E-state index in [9.17, 15) is 14.4 Å². The molecule has 0 amide bonds. The summed E-state index contributed by atoms with van der Waals surface area (Å²) < 4.78 is 11.4. The predicted octanol–water partition coefficient (Wildman–Crippen LogP) is 3.48. The number of ketones is 2. The summed E-state index contributed by atoms with van der Waals surface area (Å²) in [6.07, 6.45) is 6.52. The molecule has 5 fully saturated rings. The van der Waals surface area contributed by atoms with Crippen molar-refractivity contribution in [1.82, 2.24) is 0 Å². The Balaban J connectivity index is 1.43. The number of epoxide rings is 1. The van der Waals surface area contributed by atoms with Gasteiger partial charge in [0.05, 0.1) is 11.5 Å². The van der Waals surface area contributed by atoms with E-state index in [4.69, 9.17) is 9.47 Å². The van der Waals surface area contributed by atoms with Gasteiger partial charge in [-0.15, -0.1) is 0 Å². The number of carbonyl (C=O) groups is 3. The van der Waals surface area contributed by atoms with Crippen molar-refractivity contribution in [2.24, 2.45) is 34.5 Å². The zero-order valence-corrected chi connectivity index (χ0v) is 17.5. The van der Waals surface area contributed by atoms with Crippen molar-refractivity contribution in [3.63, 3.8) is 0 Å². The van der Waals surface area contributed by atoms with E-state index in [-0.39, 0.29) is 41.1 Å². The topological polar surface area (TPSA) is 73.0 Å². The molecule has 154 valence electrons. The molecule has 4 aliphatic carbocycles. The second kappa shape index (κ2) is 5.68. The number of ether oxygens (including phenoxy) is 2. The summed E-state index contributed by atoms with van der Waals surface area (Å²) in [5.41, 5.74) is -1.33. The number of esters is 1. The first-order chi connectivity index (χ1) is 13.1. The first kappa shape index (κ1) is 18.8. The van der Waals surface area contributed by atoms with Crippen LogP contribution in [0.5, 0.6) is 0 Å². The Labute approximate surface area is 166 Å².